The normalized spacial score (nSPS) is 19.6. The van der Waals surface area contributed by atoms with Gasteiger partial charge in [-0.15, -0.1) is 0 Å². The van der Waals surface area contributed by atoms with Crippen LogP contribution in [0.15, 0.2) is 53.6 Å². The number of hydrogen-bond acceptors (Lipinski definition) is 5. The van der Waals surface area contributed by atoms with Gasteiger partial charge in [0.15, 0.2) is 0 Å². The number of benzene rings is 2. The van der Waals surface area contributed by atoms with Gasteiger partial charge < -0.3 is 15.7 Å². The number of nitrogens with zero attached hydrogens (tertiary/aromatic N) is 3. The summed E-state index contributed by atoms with van der Waals surface area (Å²) in [4.78, 5) is 26.7. The first-order chi connectivity index (χ1) is 14.4. The first-order valence-corrected chi connectivity index (χ1v) is 9.92. The number of hydrazone groups is 1. The molecule has 2 aromatic rings. The van der Waals surface area contributed by atoms with Crippen molar-refractivity contribution in [2.45, 2.75) is 31.2 Å². The van der Waals surface area contributed by atoms with Gasteiger partial charge in [0.05, 0.1) is 5.69 Å². The maximum absolute atomic E-state index is 13.2. The van der Waals surface area contributed by atoms with Crippen LogP contribution in [0.1, 0.15) is 30.7 Å². The highest BCUT2D eigenvalue weighted by Gasteiger charge is 2.37. The molecular formula is C22H23FN4O3. The lowest BCUT2D eigenvalue weighted by Crippen LogP contribution is -2.42. The number of piperidine rings is 1. The zero-order valence-electron chi connectivity index (χ0n) is 16.4. The molecule has 0 unspecified atom stereocenters. The van der Waals surface area contributed by atoms with Gasteiger partial charge >= 0.3 is 0 Å². The summed E-state index contributed by atoms with van der Waals surface area (Å²) in [5, 5.41) is 15.2. The van der Waals surface area contributed by atoms with E-state index in [0.717, 1.165) is 18.4 Å². The average Bonchev–Trinajstić information content (AvgIpc) is 3.20. The molecule has 0 radical (unpaired) electrons. The van der Waals surface area contributed by atoms with Gasteiger partial charge in [-0.1, -0.05) is 12.1 Å². The first kappa shape index (κ1) is 19.9. The smallest absolute Gasteiger partial charge is 0.270 e. The molecule has 8 heteroatoms. The minimum absolute atomic E-state index is 0.128. The molecule has 2 amide bonds. The Morgan fingerprint density at radius 3 is 2.27 bits per heavy atom. The maximum atomic E-state index is 13.2. The molecule has 0 spiro atoms. The first-order valence-electron chi connectivity index (χ1n) is 9.92. The monoisotopic (exact) mass is 410 g/mol. The van der Waals surface area contributed by atoms with Crippen molar-refractivity contribution in [1.29, 1.82) is 0 Å². The number of anilines is 1. The summed E-state index contributed by atoms with van der Waals surface area (Å²) in [5.41, 5.74) is 7.46. The zero-order valence-corrected chi connectivity index (χ0v) is 16.4. The number of halogens is 1. The van der Waals surface area contributed by atoms with Crippen molar-refractivity contribution in [2.75, 3.05) is 18.1 Å². The van der Waals surface area contributed by atoms with Crippen LogP contribution in [0.3, 0.4) is 0 Å². The van der Waals surface area contributed by atoms with E-state index in [2.05, 4.69) is 5.10 Å². The van der Waals surface area contributed by atoms with Gasteiger partial charge in [-0.25, -0.2) is 4.39 Å². The number of carbonyl (C=O) groups is 2. The highest BCUT2D eigenvalue weighted by Crippen LogP contribution is 2.30. The van der Waals surface area contributed by atoms with Gasteiger partial charge in [0.1, 0.15) is 23.3 Å². The van der Waals surface area contributed by atoms with Crippen molar-refractivity contribution in [1.82, 2.24) is 4.90 Å². The number of aromatic hydroxyl groups is 1. The van der Waals surface area contributed by atoms with Crippen LogP contribution < -0.4 is 10.7 Å². The van der Waals surface area contributed by atoms with E-state index in [9.17, 15) is 19.1 Å². The number of hydrogen-bond donors (Lipinski definition) is 2. The Hall–Kier alpha value is -3.42. The minimum Gasteiger partial charge on any atom is -0.508 e. The molecule has 0 saturated carbocycles. The number of primary amides is 1. The molecule has 3 N–H and O–H groups in total. The Labute approximate surface area is 173 Å². The summed E-state index contributed by atoms with van der Waals surface area (Å²) in [6, 6.07) is 12.0. The van der Waals surface area contributed by atoms with Gasteiger partial charge in [-0.05, 0) is 60.7 Å². The second-order valence-electron chi connectivity index (χ2n) is 7.65. The fraction of sp³-hybridized carbons (Fsp3) is 0.318. The lowest BCUT2D eigenvalue weighted by atomic mass is 9.89. The number of likely N-dealkylation sites (tertiary alicyclic amines) is 1. The van der Waals surface area contributed by atoms with Gasteiger partial charge in [-0.2, -0.15) is 5.10 Å². The highest BCUT2D eigenvalue weighted by molar-refractivity contribution is 6.40. The van der Waals surface area contributed by atoms with Crippen LogP contribution >= 0.6 is 0 Å². The zero-order chi connectivity index (χ0) is 21.3. The fourth-order valence-electron chi connectivity index (χ4n) is 4.04. The molecule has 2 heterocycles. The third-order valence-electron chi connectivity index (χ3n) is 5.72. The number of phenols is 1. The number of phenolic OH excluding ortho intramolecular Hbond substituents is 1. The lowest BCUT2D eigenvalue weighted by molar-refractivity contribution is -0.125. The van der Waals surface area contributed by atoms with Crippen molar-refractivity contribution in [3.63, 3.8) is 0 Å². The Morgan fingerprint density at radius 1 is 1.03 bits per heavy atom. The Bertz CT molecular complexity index is 967. The third kappa shape index (κ3) is 3.98. The Kier molecular flexibility index (Phi) is 5.39. The molecule has 2 aromatic carbocycles. The van der Waals surface area contributed by atoms with Crippen LogP contribution in [-0.4, -0.2) is 46.7 Å². The van der Waals surface area contributed by atoms with Crippen LogP contribution in [0.2, 0.25) is 0 Å². The third-order valence-corrected chi connectivity index (χ3v) is 5.72. The van der Waals surface area contributed by atoms with Crippen molar-refractivity contribution >= 4 is 23.2 Å². The summed E-state index contributed by atoms with van der Waals surface area (Å²) >= 11 is 0. The lowest BCUT2D eigenvalue weighted by Gasteiger charge is -2.32. The summed E-state index contributed by atoms with van der Waals surface area (Å²) in [6.07, 6.45) is 1.75. The van der Waals surface area contributed by atoms with Crippen LogP contribution in [0.4, 0.5) is 10.1 Å². The molecule has 2 aliphatic heterocycles. The highest BCUT2D eigenvalue weighted by atomic mass is 19.1. The van der Waals surface area contributed by atoms with Crippen molar-refractivity contribution in [3.05, 3.63) is 59.9 Å². The number of carbonyl (C=O) groups excluding carboxylic acids is 2. The van der Waals surface area contributed by atoms with Crippen molar-refractivity contribution in [2.24, 2.45) is 10.8 Å². The summed E-state index contributed by atoms with van der Waals surface area (Å²) < 4.78 is 13.2. The molecular weight excluding hydrogens is 387 g/mol. The number of rotatable bonds is 4. The van der Waals surface area contributed by atoms with E-state index >= 15 is 0 Å². The van der Waals surface area contributed by atoms with E-state index in [1.54, 1.807) is 17.0 Å². The maximum Gasteiger partial charge on any atom is 0.270 e. The second kappa shape index (κ2) is 8.14. The van der Waals surface area contributed by atoms with Crippen LogP contribution in [0.25, 0.3) is 0 Å². The Morgan fingerprint density at radius 2 is 1.67 bits per heavy atom. The SMILES string of the molecule is NC(=O)[C@H]1CC(C(=O)N2CCC(c3ccc(O)cc3)CC2)=NN1c1ccc(F)cc1. The van der Waals surface area contributed by atoms with Crippen molar-refractivity contribution in [3.8, 4) is 5.75 Å². The standard InChI is InChI=1S/C22H23FN4O3/c23-16-3-5-17(6-4-16)27-20(21(24)29)13-19(25-27)22(30)26-11-9-15(10-12-26)14-1-7-18(28)8-2-14/h1-8,15,20,28H,9-13H2,(H2,24,29)/t20-/m1/s1. The molecule has 4 rings (SSSR count). The second-order valence-corrected chi connectivity index (χ2v) is 7.65. The summed E-state index contributed by atoms with van der Waals surface area (Å²) in [6.45, 7) is 1.17. The van der Waals surface area contributed by atoms with E-state index in [0.29, 0.717) is 24.7 Å². The molecule has 1 atom stereocenters. The van der Waals surface area contributed by atoms with E-state index in [1.807, 2.05) is 12.1 Å². The molecule has 2 aliphatic rings. The molecule has 0 bridgehead atoms. The topological polar surface area (TPSA) is 99.2 Å². The van der Waals surface area contributed by atoms with Gasteiger partial charge in [0.2, 0.25) is 5.91 Å². The number of nitrogens with two attached hydrogens (primary N) is 1. The summed E-state index contributed by atoms with van der Waals surface area (Å²) in [5.74, 6) is -0.619. The molecule has 156 valence electrons. The van der Waals surface area contributed by atoms with Gasteiger partial charge in [0, 0.05) is 19.5 Å². The number of amides is 2. The molecule has 0 aliphatic carbocycles. The summed E-state index contributed by atoms with van der Waals surface area (Å²) in [7, 11) is 0. The van der Waals surface area contributed by atoms with Crippen LogP contribution in [0, 0.1) is 5.82 Å². The molecule has 1 fully saturated rings. The molecule has 0 aromatic heterocycles. The van der Waals surface area contributed by atoms with E-state index < -0.39 is 17.8 Å². The van der Waals surface area contributed by atoms with Crippen molar-refractivity contribution < 1.29 is 19.1 Å². The predicted octanol–water partition coefficient (Wildman–Crippen LogP) is 2.36. The predicted molar refractivity (Wildman–Crippen MR) is 111 cm³/mol. The van der Waals surface area contributed by atoms with Crippen LogP contribution in [0.5, 0.6) is 5.75 Å². The van der Waals surface area contributed by atoms with Gasteiger partial charge in [0.25, 0.3) is 5.91 Å². The largest absolute Gasteiger partial charge is 0.508 e. The van der Waals surface area contributed by atoms with Crippen LogP contribution in [-0.2, 0) is 9.59 Å². The van der Waals surface area contributed by atoms with E-state index in [4.69, 9.17) is 5.73 Å². The molecule has 30 heavy (non-hydrogen) atoms. The minimum atomic E-state index is -0.774. The average molecular weight is 410 g/mol. The fourth-order valence-corrected chi connectivity index (χ4v) is 4.04. The van der Waals surface area contributed by atoms with E-state index in [-0.39, 0.29) is 23.8 Å². The molecule has 1 saturated heterocycles. The van der Waals surface area contributed by atoms with Gasteiger partial charge in [-0.3, -0.25) is 14.6 Å². The quantitative estimate of drug-likeness (QED) is 0.808. The Balaban J connectivity index is 1.45. The van der Waals surface area contributed by atoms with E-state index in [1.165, 1.54) is 29.3 Å². The molecule has 7 nitrogen and oxygen atoms in total.